The van der Waals surface area contributed by atoms with E-state index in [0.717, 1.165) is 27.4 Å². The molecule has 3 aromatic carbocycles. The molecule has 0 radical (unpaired) electrons. The van der Waals surface area contributed by atoms with Crippen LogP contribution < -0.4 is 5.73 Å². The average Bonchev–Trinajstić information content (AvgIpc) is 2.89. The van der Waals surface area contributed by atoms with Crippen molar-refractivity contribution in [3.63, 3.8) is 0 Å². The Morgan fingerprint density at radius 2 is 1.71 bits per heavy atom. The van der Waals surface area contributed by atoms with Gasteiger partial charge in [0.2, 0.25) is 5.91 Å². The third-order valence-corrected chi connectivity index (χ3v) is 4.53. The lowest BCUT2D eigenvalue weighted by Gasteiger charge is -2.08. The monoisotopic (exact) mass is 334 g/mol. The fourth-order valence-corrected chi connectivity index (χ4v) is 3.50. The SMILES string of the molecule is NC(=O)c1cccc2c1c1ccccc1n2Cc1cccc(Cl)c1. The molecule has 1 aromatic heterocycles. The predicted octanol–water partition coefficient (Wildman–Crippen LogP) is 4.60. The molecule has 24 heavy (non-hydrogen) atoms. The molecule has 0 unspecified atom stereocenters. The van der Waals surface area contributed by atoms with E-state index in [0.29, 0.717) is 17.1 Å². The smallest absolute Gasteiger partial charge is 0.249 e. The van der Waals surface area contributed by atoms with E-state index < -0.39 is 5.91 Å². The number of para-hydroxylation sites is 1. The van der Waals surface area contributed by atoms with Crippen molar-refractivity contribution in [3.8, 4) is 0 Å². The maximum absolute atomic E-state index is 11.9. The number of primary amides is 1. The van der Waals surface area contributed by atoms with Crippen LogP contribution in [0.25, 0.3) is 21.8 Å². The Kier molecular flexibility index (Phi) is 3.51. The van der Waals surface area contributed by atoms with Crippen LogP contribution in [0.5, 0.6) is 0 Å². The van der Waals surface area contributed by atoms with Crippen molar-refractivity contribution in [1.29, 1.82) is 0 Å². The maximum Gasteiger partial charge on any atom is 0.249 e. The van der Waals surface area contributed by atoms with Gasteiger partial charge < -0.3 is 10.3 Å². The van der Waals surface area contributed by atoms with E-state index in [-0.39, 0.29) is 0 Å². The minimum absolute atomic E-state index is 0.411. The van der Waals surface area contributed by atoms with Gasteiger partial charge in [-0.05, 0) is 35.9 Å². The Morgan fingerprint density at radius 1 is 0.958 bits per heavy atom. The first-order chi connectivity index (χ1) is 11.6. The van der Waals surface area contributed by atoms with E-state index in [2.05, 4.69) is 10.6 Å². The van der Waals surface area contributed by atoms with Crippen LogP contribution in [-0.4, -0.2) is 10.5 Å². The summed E-state index contributed by atoms with van der Waals surface area (Å²) in [4.78, 5) is 11.9. The van der Waals surface area contributed by atoms with Gasteiger partial charge in [-0.2, -0.15) is 0 Å². The van der Waals surface area contributed by atoms with Crippen LogP contribution in [0.15, 0.2) is 66.7 Å². The van der Waals surface area contributed by atoms with Gasteiger partial charge >= 0.3 is 0 Å². The second kappa shape index (κ2) is 5.69. The molecule has 0 aliphatic rings. The second-order valence-corrected chi connectivity index (χ2v) is 6.23. The molecule has 4 heteroatoms. The van der Waals surface area contributed by atoms with Crippen LogP contribution >= 0.6 is 11.6 Å². The van der Waals surface area contributed by atoms with Crippen molar-refractivity contribution in [2.24, 2.45) is 5.73 Å². The van der Waals surface area contributed by atoms with Crippen LogP contribution in [0.1, 0.15) is 15.9 Å². The maximum atomic E-state index is 11.9. The largest absolute Gasteiger partial charge is 0.366 e. The van der Waals surface area contributed by atoms with Gasteiger partial charge in [-0.25, -0.2) is 0 Å². The number of hydrogen-bond donors (Lipinski definition) is 1. The Morgan fingerprint density at radius 3 is 2.50 bits per heavy atom. The average molecular weight is 335 g/mol. The first-order valence-electron chi connectivity index (χ1n) is 7.69. The fourth-order valence-electron chi connectivity index (χ4n) is 3.29. The molecule has 4 aromatic rings. The number of halogens is 1. The molecule has 118 valence electrons. The van der Waals surface area contributed by atoms with Gasteiger partial charge in [-0.1, -0.05) is 48.0 Å². The summed E-state index contributed by atoms with van der Waals surface area (Å²) < 4.78 is 2.20. The summed E-state index contributed by atoms with van der Waals surface area (Å²) in [6, 6.07) is 21.5. The quantitative estimate of drug-likeness (QED) is 0.585. The van der Waals surface area contributed by atoms with Crippen LogP contribution in [0, 0.1) is 0 Å². The van der Waals surface area contributed by atoms with Gasteiger partial charge in [0.1, 0.15) is 0 Å². The first-order valence-corrected chi connectivity index (χ1v) is 8.07. The van der Waals surface area contributed by atoms with Gasteiger partial charge in [-0.15, -0.1) is 0 Å². The molecule has 1 amide bonds. The zero-order valence-corrected chi connectivity index (χ0v) is 13.6. The highest BCUT2D eigenvalue weighted by Crippen LogP contribution is 2.32. The number of carbonyl (C=O) groups is 1. The molecular weight excluding hydrogens is 320 g/mol. The number of amides is 1. The zero-order valence-electron chi connectivity index (χ0n) is 12.9. The number of carbonyl (C=O) groups excluding carboxylic acids is 1. The third-order valence-electron chi connectivity index (χ3n) is 4.29. The molecule has 4 rings (SSSR count). The molecule has 2 N–H and O–H groups in total. The normalized spacial score (nSPS) is 11.2. The third kappa shape index (κ3) is 2.34. The second-order valence-electron chi connectivity index (χ2n) is 5.80. The lowest BCUT2D eigenvalue weighted by atomic mass is 10.1. The number of fused-ring (bicyclic) bond motifs is 3. The van der Waals surface area contributed by atoms with Gasteiger partial charge in [0, 0.05) is 33.4 Å². The van der Waals surface area contributed by atoms with E-state index in [1.807, 2.05) is 54.6 Å². The number of hydrogen-bond acceptors (Lipinski definition) is 1. The van der Waals surface area contributed by atoms with Gasteiger partial charge in [0.15, 0.2) is 0 Å². The highest BCUT2D eigenvalue weighted by Gasteiger charge is 2.16. The van der Waals surface area contributed by atoms with E-state index in [1.54, 1.807) is 6.07 Å². The molecule has 1 heterocycles. The standard InChI is InChI=1S/C20H15ClN2O/c21-14-6-3-5-13(11-14)12-23-17-9-2-1-7-15(17)19-16(20(22)24)8-4-10-18(19)23/h1-11H,12H2,(H2,22,24). The van der Waals surface area contributed by atoms with Crippen molar-refractivity contribution in [3.05, 3.63) is 82.9 Å². The zero-order chi connectivity index (χ0) is 16.7. The number of aromatic nitrogens is 1. The molecule has 0 aliphatic carbocycles. The van der Waals surface area contributed by atoms with Crippen molar-refractivity contribution < 1.29 is 4.79 Å². The summed E-state index contributed by atoms with van der Waals surface area (Å²) in [6.45, 7) is 0.673. The van der Waals surface area contributed by atoms with Crippen molar-refractivity contribution in [1.82, 2.24) is 4.57 Å². The van der Waals surface area contributed by atoms with Gasteiger partial charge in [0.05, 0.1) is 5.52 Å². The molecule has 0 aliphatic heterocycles. The molecule has 0 saturated carbocycles. The molecule has 3 nitrogen and oxygen atoms in total. The summed E-state index contributed by atoms with van der Waals surface area (Å²) in [7, 11) is 0. The summed E-state index contributed by atoms with van der Waals surface area (Å²) in [6.07, 6.45) is 0. The van der Waals surface area contributed by atoms with Crippen LogP contribution in [0.4, 0.5) is 0 Å². The predicted molar refractivity (Wildman–Crippen MR) is 98.5 cm³/mol. The fraction of sp³-hybridized carbons (Fsp3) is 0.0500. The molecule has 0 atom stereocenters. The molecular formula is C20H15ClN2O. The summed E-state index contributed by atoms with van der Waals surface area (Å²) >= 11 is 6.12. The minimum Gasteiger partial charge on any atom is -0.366 e. The van der Waals surface area contributed by atoms with Crippen molar-refractivity contribution >= 4 is 39.3 Å². The van der Waals surface area contributed by atoms with Crippen LogP contribution in [0.3, 0.4) is 0 Å². The summed E-state index contributed by atoms with van der Waals surface area (Å²) in [5.74, 6) is -0.411. The number of nitrogens with zero attached hydrogens (tertiary/aromatic N) is 1. The summed E-state index contributed by atoms with van der Waals surface area (Å²) in [5.41, 5.74) is 9.31. The first kappa shape index (κ1) is 14.8. The van der Waals surface area contributed by atoms with E-state index >= 15 is 0 Å². The molecule has 0 saturated heterocycles. The highest BCUT2D eigenvalue weighted by atomic mass is 35.5. The van der Waals surface area contributed by atoms with E-state index in [4.69, 9.17) is 17.3 Å². The lowest BCUT2D eigenvalue weighted by molar-refractivity contribution is 0.100. The molecule has 0 fully saturated rings. The lowest BCUT2D eigenvalue weighted by Crippen LogP contribution is -2.11. The van der Waals surface area contributed by atoms with Crippen LogP contribution in [-0.2, 0) is 6.54 Å². The Hall–Kier alpha value is -2.78. The van der Waals surface area contributed by atoms with Crippen LogP contribution in [0.2, 0.25) is 5.02 Å². The number of rotatable bonds is 3. The Balaban J connectivity index is 2.03. The number of benzene rings is 3. The topological polar surface area (TPSA) is 48.0 Å². The van der Waals surface area contributed by atoms with Gasteiger partial charge in [0.25, 0.3) is 0 Å². The Bertz CT molecular complexity index is 1080. The van der Waals surface area contributed by atoms with E-state index in [9.17, 15) is 4.79 Å². The highest BCUT2D eigenvalue weighted by molar-refractivity contribution is 6.30. The van der Waals surface area contributed by atoms with Gasteiger partial charge in [-0.3, -0.25) is 4.79 Å². The Labute approximate surface area is 144 Å². The molecule has 0 bridgehead atoms. The summed E-state index contributed by atoms with van der Waals surface area (Å²) in [5, 5.41) is 2.65. The van der Waals surface area contributed by atoms with Crippen molar-refractivity contribution in [2.75, 3.05) is 0 Å². The van der Waals surface area contributed by atoms with E-state index in [1.165, 1.54) is 0 Å². The number of nitrogens with two attached hydrogens (primary N) is 1. The minimum atomic E-state index is -0.411. The molecule has 0 spiro atoms. The van der Waals surface area contributed by atoms with Crippen molar-refractivity contribution in [2.45, 2.75) is 6.54 Å².